The fraction of sp³-hybridized carbons (Fsp3) is 0.667. The highest BCUT2D eigenvalue weighted by molar-refractivity contribution is 8.93. The summed E-state index contributed by atoms with van der Waals surface area (Å²) in [7, 11) is 0. The summed E-state index contributed by atoms with van der Waals surface area (Å²) in [4.78, 5) is 16.2. The lowest BCUT2D eigenvalue weighted by atomic mass is 10.3. The second-order valence-electron chi connectivity index (χ2n) is 2.22. The Labute approximate surface area is 76.2 Å². The van der Waals surface area contributed by atoms with Crippen LogP contribution < -0.4 is 5.73 Å². The van der Waals surface area contributed by atoms with E-state index in [4.69, 9.17) is 5.73 Å². The van der Waals surface area contributed by atoms with Crippen molar-refractivity contribution in [2.24, 2.45) is 10.7 Å². The molecule has 0 atom stereocenters. The Kier molecular flexibility index (Phi) is 4.10. The van der Waals surface area contributed by atoms with Gasteiger partial charge in [0.25, 0.3) is 0 Å². The van der Waals surface area contributed by atoms with E-state index in [-0.39, 0.29) is 23.0 Å². The first kappa shape index (κ1) is 10.4. The first-order valence-corrected chi connectivity index (χ1v) is 3.36. The van der Waals surface area contributed by atoms with Gasteiger partial charge < -0.3 is 10.6 Å². The van der Waals surface area contributed by atoms with E-state index in [0.29, 0.717) is 18.8 Å². The van der Waals surface area contributed by atoms with Gasteiger partial charge in [0.2, 0.25) is 0 Å². The van der Waals surface area contributed by atoms with E-state index in [1.807, 2.05) is 6.92 Å². The third kappa shape index (κ3) is 2.49. The minimum Gasteiger partial charge on any atom is -0.387 e. The topological polar surface area (TPSA) is 58.7 Å². The number of carbonyl (C=O) groups is 1. The van der Waals surface area contributed by atoms with Crippen LogP contribution in [-0.2, 0) is 0 Å². The van der Waals surface area contributed by atoms with Crippen molar-refractivity contribution in [1.29, 1.82) is 0 Å². The molecular formula is C6H12BrN3O. The molecule has 0 unspecified atom stereocenters. The third-order valence-corrected chi connectivity index (χ3v) is 1.53. The molecule has 0 spiro atoms. The summed E-state index contributed by atoms with van der Waals surface area (Å²) in [5.41, 5.74) is 5.34. The molecule has 0 radical (unpaired) electrons. The normalized spacial score (nSPS) is 17.4. The van der Waals surface area contributed by atoms with Gasteiger partial charge in [0.1, 0.15) is 5.84 Å². The van der Waals surface area contributed by atoms with Crippen LogP contribution >= 0.6 is 17.0 Å². The lowest BCUT2D eigenvalue weighted by molar-refractivity contribution is 0.209. The van der Waals surface area contributed by atoms with Gasteiger partial charge in [-0.05, 0) is 6.92 Å². The quantitative estimate of drug-likeness (QED) is 0.712. The van der Waals surface area contributed by atoms with Gasteiger partial charge in [0.05, 0.1) is 0 Å². The highest BCUT2D eigenvalue weighted by Gasteiger charge is 2.15. The van der Waals surface area contributed by atoms with E-state index in [0.717, 1.165) is 6.54 Å². The summed E-state index contributed by atoms with van der Waals surface area (Å²) in [6.45, 7) is 3.36. The second kappa shape index (κ2) is 4.33. The maximum Gasteiger partial charge on any atom is 0.345 e. The maximum atomic E-state index is 10.9. The molecule has 64 valence electrons. The molecule has 0 aromatic rings. The van der Waals surface area contributed by atoms with Crippen molar-refractivity contribution in [2.75, 3.05) is 13.1 Å². The summed E-state index contributed by atoms with van der Waals surface area (Å²) in [5, 5.41) is 0. The van der Waals surface area contributed by atoms with Crippen LogP contribution in [-0.4, -0.2) is 29.9 Å². The predicted octanol–water partition coefficient (Wildman–Crippen LogP) is 0.767. The van der Waals surface area contributed by atoms with E-state index in [1.165, 1.54) is 0 Å². The number of carbonyl (C=O) groups excluding carboxylic acids is 1. The molecule has 5 heteroatoms. The van der Waals surface area contributed by atoms with Crippen molar-refractivity contribution in [2.45, 2.75) is 13.3 Å². The van der Waals surface area contributed by atoms with Crippen molar-refractivity contribution in [3.8, 4) is 0 Å². The summed E-state index contributed by atoms with van der Waals surface area (Å²) in [5.74, 6) is 0.453. The number of aliphatic imine (C=N–C) groups is 1. The Balaban J connectivity index is 0.000001000. The number of rotatable bonds is 1. The number of amides is 2. The SMILES string of the molecule is Br.CCN1CCC(N)=NC1=O. The van der Waals surface area contributed by atoms with Gasteiger partial charge in [-0.2, -0.15) is 4.99 Å². The number of halogens is 1. The van der Waals surface area contributed by atoms with Crippen LogP contribution in [0.2, 0.25) is 0 Å². The zero-order valence-electron chi connectivity index (χ0n) is 6.41. The van der Waals surface area contributed by atoms with Crippen LogP contribution in [0, 0.1) is 0 Å². The van der Waals surface area contributed by atoms with Gasteiger partial charge in [0, 0.05) is 19.5 Å². The molecule has 2 amide bonds. The highest BCUT2D eigenvalue weighted by Crippen LogP contribution is 2.01. The van der Waals surface area contributed by atoms with Gasteiger partial charge in [-0.1, -0.05) is 0 Å². The van der Waals surface area contributed by atoms with Crippen molar-refractivity contribution >= 4 is 28.8 Å². The van der Waals surface area contributed by atoms with E-state index in [9.17, 15) is 4.79 Å². The summed E-state index contributed by atoms with van der Waals surface area (Å²) in [6, 6.07) is -0.203. The summed E-state index contributed by atoms with van der Waals surface area (Å²) in [6.07, 6.45) is 0.708. The molecule has 0 aromatic carbocycles. The molecule has 1 aliphatic rings. The molecular weight excluding hydrogens is 210 g/mol. The monoisotopic (exact) mass is 221 g/mol. The Morgan fingerprint density at radius 2 is 2.36 bits per heavy atom. The molecule has 1 rings (SSSR count). The molecule has 0 aliphatic carbocycles. The number of nitrogens with zero attached hydrogens (tertiary/aromatic N) is 2. The Hall–Kier alpha value is -0.580. The van der Waals surface area contributed by atoms with Crippen LogP contribution in [0.25, 0.3) is 0 Å². The molecule has 11 heavy (non-hydrogen) atoms. The molecule has 0 saturated carbocycles. The van der Waals surface area contributed by atoms with Crippen LogP contribution in [0.1, 0.15) is 13.3 Å². The Morgan fingerprint density at radius 1 is 1.73 bits per heavy atom. The lowest BCUT2D eigenvalue weighted by Gasteiger charge is -2.21. The van der Waals surface area contributed by atoms with Crippen LogP contribution in [0.3, 0.4) is 0 Å². The fourth-order valence-electron chi connectivity index (χ4n) is 0.888. The zero-order chi connectivity index (χ0) is 7.56. The standard InChI is InChI=1S/C6H11N3O.BrH/c1-2-9-4-3-5(7)8-6(9)10;/h2-4H2,1H3,(H2,7,8,10);1H. The van der Waals surface area contributed by atoms with Gasteiger partial charge in [-0.25, -0.2) is 4.79 Å². The number of nitrogens with two attached hydrogens (primary N) is 1. The van der Waals surface area contributed by atoms with E-state index < -0.39 is 0 Å². The largest absolute Gasteiger partial charge is 0.387 e. The molecule has 0 bridgehead atoms. The van der Waals surface area contributed by atoms with Crippen LogP contribution in [0.5, 0.6) is 0 Å². The third-order valence-electron chi connectivity index (χ3n) is 1.53. The van der Waals surface area contributed by atoms with Gasteiger partial charge in [-0.15, -0.1) is 17.0 Å². The summed E-state index contributed by atoms with van der Waals surface area (Å²) < 4.78 is 0. The average Bonchev–Trinajstić information content (AvgIpc) is 1.88. The predicted molar refractivity (Wildman–Crippen MR) is 49.2 cm³/mol. The van der Waals surface area contributed by atoms with Crippen molar-refractivity contribution in [3.63, 3.8) is 0 Å². The van der Waals surface area contributed by atoms with Gasteiger partial charge in [-0.3, -0.25) is 0 Å². The van der Waals surface area contributed by atoms with Crippen molar-refractivity contribution in [3.05, 3.63) is 0 Å². The van der Waals surface area contributed by atoms with Gasteiger partial charge >= 0.3 is 6.03 Å². The molecule has 0 fully saturated rings. The average molecular weight is 222 g/mol. The molecule has 1 aliphatic heterocycles. The number of amidine groups is 1. The number of hydrogen-bond acceptors (Lipinski definition) is 2. The lowest BCUT2D eigenvalue weighted by Crippen LogP contribution is -2.37. The Bertz CT molecular complexity index is 181. The van der Waals surface area contributed by atoms with Gasteiger partial charge in [0.15, 0.2) is 0 Å². The molecule has 0 aromatic heterocycles. The molecule has 0 saturated heterocycles. The first-order chi connectivity index (χ1) is 4.74. The highest BCUT2D eigenvalue weighted by atomic mass is 79.9. The minimum absolute atomic E-state index is 0. The number of urea groups is 1. The van der Waals surface area contributed by atoms with E-state index in [2.05, 4.69) is 4.99 Å². The molecule has 4 nitrogen and oxygen atoms in total. The second-order valence-corrected chi connectivity index (χ2v) is 2.22. The first-order valence-electron chi connectivity index (χ1n) is 3.36. The van der Waals surface area contributed by atoms with Crippen molar-refractivity contribution in [1.82, 2.24) is 4.90 Å². The van der Waals surface area contributed by atoms with E-state index in [1.54, 1.807) is 4.90 Å². The zero-order valence-corrected chi connectivity index (χ0v) is 8.12. The molecule has 1 heterocycles. The van der Waals surface area contributed by atoms with Crippen molar-refractivity contribution < 1.29 is 4.79 Å². The van der Waals surface area contributed by atoms with E-state index >= 15 is 0 Å². The smallest absolute Gasteiger partial charge is 0.345 e. The van der Waals surface area contributed by atoms with Crippen LogP contribution in [0.15, 0.2) is 4.99 Å². The maximum absolute atomic E-state index is 10.9. The fourth-order valence-corrected chi connectivity index (χ4v) is 0.888. The number of hydrogen-bond donors (Lipinski definition) is 1. The van der Waals surface area contributed by atoms with Crippen LogP contribution in [0.4, 0.5) is 4.79 Å². The minimum atomic E-state index is -0.203. The Morgan fingerprint density at radius 3 is 2.82 bits per heavy atom. The molecule has 2 N–H and O–H groups in total. The summed E-state index contributed by atoms with van der Waals surface area (Å²) >= 11 is 0.